The molecule has 4 rings (SSSR count). The van der Waals surface area contributed by atoms with Crippen molar-refractivity contribution in [3.63, 3.8) is 0 Å². The van der Waals surface area contributed by atoms with Gasteiger partial charge in [-0.25, -0.2) is 18.6 Å². The fraction of sp³-hybridized carbons (Fsp3) is 0.500. The molecule has 0 aliphatic carbocycles. The van der Waals surface area contributed by atoms with Gasteiger partial charge in [-0.1, -0.05) is 0 Å². The Morgan fingerprint density at radius 1 is 1.30 bits per heavy atom. The van der Waals surface area contributed by atoms with Crippen LogP contribution < -0.4 is 5.73 Å². The molecule has 1 aromatic carbocycles. The maximum Gasteiger partial charge on any atom is 0.408 e. The van der Waals surface area contributed by atoms with E-state index in [4.69, 9.17) is 10.5 Å². The van der Waals surface area contributed by atoms with Crippen LogP contribution in [0.15, 0.2) is 18.2 Å². The normalized spacial score (nSPS) is 23.4. The van der Waals surface area contributed by atoms with Crippen molar-refractivity contribution in [3.8, 4) is 0 Å². The summed E-state index contributed by atoms with van der Waals surface area (Å²) in [6.45, 7) is 6.33. The van der Waals surface area contributed by atoms with Gasteiger partial charge in [0.25, 0.3) is 5.91 Å². The molecule has 0 spiro atoms. The number of carboxylic acid groups (broad SMARTS) is 1. The molecule has 1 fully saturated rings. The van der Waals surface area contributed by atoms with Crippen LogP contribution in [0.4, 0.5) is 13.6 Å². The van der Waals surface area contributed by atoms with Gasteiger partial charge >= 0.3 is 6.09 Å². The van der Waals surface area contributed by atoms with E-state index >= 15 is 0 Å². The Hall–Kier alpha value is -3.05. The van der Waals surface area contributed by atoms with Gasteiger partial charge in [0.2, 0.25) is 0 Å². The number of halogens is 2. The number of carbonyl (C=O) groups is 2. The standard InChI is InChI=1S/C22H27F2N5O4/c1-22(2,3)29(21(31)32)17-7-12(10-33-18(17)13-6-11(23)4-5-14(13)24)28-8-15-16(9-28)27-20(26-15)19(25)30/h4-6,12,17-18H,7-10H2,1-3H3,(H2,25,30)(H,26,27)(H,31,32)/t12-,17+,18-/m1/s1. The number of amides is 2. The Kier molecular flexibility index (Phi) is 5.87. The monoisotopic (exact) mass is 463 g/mol. The van der Waals surface area contributed by atoms with E-state index in [0.717, 1.165) is 23.9 Å². The number of nitrogens with two attached hydrogens (primary N) is 1. The van der Waals surface area contributed by atoms with Gasteiger partial charge < -0.3 is 20.6 Å². The molecule has 2 aromatic rings. The van der Waals surface area contributed by atoms with Gasteiger partial charge in [-0.2, -0.15) is 0 Å². The van der Waals surface area contributed by atoms with E-state index in [1.54, 1.807) is 20.8 Å². The molecule has 2 amide bonds. The molecule has 0 bridgehead atoms. The number of primary amides is 1. The average molecular weight is 463 g/mol. The first kappa shape index (κ1) is 23.1. The molecule has 3 heterocycles. The molecule has 178 valence electrons. The predicted octanol–water partition coefficient (Wildman–Crippen LogP) is 2.78. The van der Waals surface area contributed by atoms with Crippen molar-refractivity contribution < 1.29 is 28.2 Å². The van der Waals surface area contributed by atoms with Gasteiger partial charge in [-0.15, -0.1) is 0 Å². The first-order chi connectivity index (χ1) is 15.5. The second kappa shape index (κ2) is 8.38. The zero-order valence-electron chi connectivity index (χ0n) is 18.6. The largest absolute Gasteiger partial charge is 0.465 e. The van der Waals surface area contributed by atoms with Crippen LogP contribution in [-0.2, 0) is 17.8 Å². The molecule has 2 aliphatic heterocycles. The van der Waals surface area contributed by atoms with Crippen LogP contribution in [0, 0.1) is 11.6 Å². The molecule has 4 N–H and O–H groups in total. The van der Waals surface area contributed by atoms with E-state index in [9.17, 15) is 23.5 Å². The highest BCUT2D eigenvalue weighted by Gasteiger charge is 2.45. The van der Waals surface area contributed by atoms with Crippen LogP contribution in [0.5, 0.6) is 0 Å². The summed E-state index contributed by atoms with van der Waals surface area (Å²) in [5, 5.41) is 10.0. The molecule has 0 radical (unpaired) electrons. The molecule has 0 saturated carbocycles. The number of hydrogen-bond acceptors (Lipinski definition) is 5. The van der Waals surface area contributed by atoms with Gasteiger partial charge in [0, 0.05) is 30.2 Å². The summed E-state index contributed by atoms with van der Waals surface area (Å²) < 4.78 is 34.6. The van der Waals surface area contributed by atoms with Gasteiger partial charge in [-0.3, -0.25) is 14.6 Å². The number of rotatable bonds is 4. The molecular formula is C22H27F2N5O4. The minimum Gasteiger partial charge on any atom is -0.465 e. The molecule has 0 unspecified atom stereocenters. The van der Waals surface area contributed by atoms with Crippen molar-refractivity contribution in [3.05, 3.63) is 52.6 Å². The van der Waals surface area contributed by atoms with Crippen LogP contribution in [0.1, 0.15) is 60.9 Å². The number of aromatic nitrogens is 2. The summed E-state index contributed by atoms with van der Waals surface area (Å²) in [5.41, 5.74) is 5.93. The third-order valence-electron chi connectivity index (χ3n) is 6.18. The zero-order valence-corrected chi connectivity index (χ0v) is 18.6. The lowest BCUT2D eigenvalue weighted by molar-refractivity contribution is -0.103. The first-order valence-electron chi connectivity index (χ1n) is 10.7. The Labute approximate surface area is 189 Å². The Bertz CT molecular complexity index is 1060. The van der Waals surface area contributed by atoms with E-state index in [1.807, 2.05) is 0 Å². The number of carbonyl (C=O) groups excluding carboxylic acids is 1. The summed E-state index contributed by atoms with van der Waals surface area (Å²) >= 11 is 0. The van der Waals surface area contributed by atoms with Crippen molar-refractivity contribution in [1.29, 1.82) is 0 Å². The van der Waals surface area contributed by atoms with Crippen molar-refractivity contribution in [2.45, 2.75) is 64.0 Å². The van der Waals surface area contributed by atoms with Crippen LogP contribution in [-0.4, -0.2) is 61.1 Å². The smallest absolute Gasteiger partial charge is 0.408 e. The number of hydrogen-bond donors (Lipinski definition) is 3. The lowest BCUT2D eigenvalue weighted by Gasteiger charge is -2.48. The third-order valence-corrected chi connectivity index (χ3v) is 6.18. The van der Waals surface area contributed by atoms with Crippen molar-refractivity contribution in [2.24, 2.45) is 5.73 Å². The summed E-state index contributed by atoms with van der Waals surface area (Å²) in [6.07, 6.45) is -1.79. The molecule has 1 aromatic heterocycles. The first-order valence-corrected chi connectivity index (χ1v) is 10.7. The maximum atomic E-state index is 14.7. The number of aromatic amines is 1. The second-order valence-electron chi connectivity index (χ2n) is 9.48. The minimum atomic E-state index is -1.17. The van der Waals surface area contributed by atoms with E-state index in [-0.39, 0.29) is 24.0 Å². The number of benzene rings is 1. The van der Waals surface area contributed by atoms with Crippen molar-refractivity contribution in [1.82, 2.24) is 19.8 Å². The summed E-state index contributed by atoms with van der Waals surface area (Å²) in [4.78, 5) is 34.1. The number of imidazole rings is 1. The maximum absolute atomic E-state index is 14.7. The van der Waals surface area contributed by atoms with Crippen LogP contribution in [0.2, 0.25) is 0 Å². The average Bonchev–Trinajstić information content (AvgIpc) is 3.28. The highest BCUT2D eigenvalue weighted by molar-refractivity contribution is 5.89. The van der Waals surface area contributed by atoms with E-state index < -0.39 is 41.3 Å². The van der Waals surface area contributed by atoms with Gasteiger partial charge in [-0.05, 0) is 45.4 Å². The summed E-state index contributed by atoms with van der Waals surface area (Å²) in [6, 6.07) is 2.14. The molecule has 11 heteroatoms. The second-order valence-corrected chi connectivity index (χ2v) is 9.48. The van der Waals surface area contributed by atoms with E-state index in [0.29, 0.717) is 25.2 Å². The summed E-state index contributed by atoms with van der Waals surface area (Å²) in [7, 11) is 0. The SMILES string of the molecule is CC(C)(C)N(C(=O)O)[C@H]1C[C@@H](N2Cc3nc(C(N)=O)[nH]c3C2)CO[C@@H]1c1cc(F)ccc1F. The molecule has 3 atom stereocenters. The fourth-order valence-corrected chi connectivity index (χ4v) is 4.78. The zero-order chi connectivity index (χ0) is 24.1. The van der Waals surface area contributed by atoms with Crippen LogP contribution in [0.25, 0.3) is 0 Å². The lowest BCUT2D eigenvalue weighted by atomic mass is 9.88. The number of H-pyrrole nitrogens is 1. The van der Waals surface area contributed by atoms with Gasteiger partial charge in [0.05, 0.1) is 24.0 Å². The topological polar surface area (TPSA) is 125 Å². The molecule has 33 heavy (non-hydrogen) atoms. The highest BCUT2D eigenvalue weighted by atomic mass is 19.1. The number of nitrogens with one attached hydrogen (secondary N) is 1. The van der Waals surface area contributed by atoms with Crippen LogP contribution >= 0.6 is 0 Å². The molecule has 1 saturated heterocycles. The molecular weight excluding hydrogens is 436 g/mol. The Morgan fingerprint density at radius 2 is 2.03 bits per heavy atom. The van der Waals surface area contributed by atoms with Gasteiger partial charge in [0.15, 0.2) is 5.82 Å². The van der Waals surface area contributed by atoms with Crippen LogP contribution in [0.3, 0.4) is 0 Å². The fourth-order valence-electron chi connectivity index (χ4n) is 4.78. The van der Waals surface area contributed by atoms with Gasteiger partial charge in [0.1, 0.15) is 17.7 Å². The lowest BCUT2D eigenvalue weighted by Crippen LogP contribution is -2.58. The van der Waals surface area contributed by atoms with Crippen molar-refractivity contribution >= 4 is 12.0 Å². The quantitative estimate of drug-likeness (QED) is 0.640. The number of ether oxygens (including phenoxy) is 1. The van der Waals surface area contributed by atoms with E-state index in [1.165, 1.54) is 4.90 Å². The Balaban J connectivity index is 1.63. The number of fused-ring (bicyclic) bond motifs is 1. The van der Waals surface area contributed by atoms with E-state index in [2.05, 4.69) is 14.9 Å². The van der Waals surface area contributed by atoms with Crippen molar-refractivity contribution in [2.75, 3.05) is 6.61 Å². The third kappa shape index (κ3) is 4.42. The summed E-state index contributed by atoms with van der Waals surface area (Å²) in [5.74, 6) is -1.81. The Morgan fingerprint density at radius 3 is 2.64 bits per heavy atom. The predicted molar refractivity (Wildman–Crippen MR) is 113 cm³/mol. The minimum absolute atomic E-state index is 0.00615. The molecule has 2 aliphatic rings. The number of nitrogens with zero attached hydrogens (tertiary/aromatic N) is 3. The highest BCUT2D eigenvalue weighted by Crippen LogP contribution is 2.39. The molecule has 9 nitrogen and oxygen atoms in total.